The van der Waals surface area contributed by atoms with E-state index in [2.05, 4.69) is 49.2 Å². The zero-order valence-corrected chi connectivity index (χ0v) is 11.1. The van der Waals surface area contributed by atoms with Crippen LogP contribution in [-0.4, -0.2) is 24.4 Å². The molecule has 0 N–H and O–H groups in total. The summed E-state index contributed by atoms with van der Waals surface area (Å²) in [7, 11) is 2.18. The maximum atomic E-state index is 5.73. The third kappa shape index (κ3) is 5.53. The molecule has 0 heterocycles. The predicted octanol–water partition coefficient (Wildman–Crippen LogP) is 3.77. The van der Waals surface area contributed by atoms with Crippen LogP contribution >= 0.6 is 11.6 Å². The molecule has 0 radical (unpaired) electrons. The second-order valence-electron chi connectivity index (χ2n) is 4.59. The lowest BCUT2D eigenvalue weighted by atomic mass is 10.1. The fourth-order valence-electron chi connectivity index (χ4n) is 1.75. The van der Waals surface area contributed by atoms with Crippen LogP contribution in [0.1, 0.15) is 25.3 Å². The zero-order chi connectivity index (χ0) is 11.8. The molecule has 0 fully saturated rings. The first-order valence-electron chi connectivity index (χ1n) is 6.01. The SMILES string of the molecule is CC(CCCl)CCN(C)Cc1ccccc1. The Balaban J connectivity index is 2.23. The molecule has 1 unspecified atom stereocenters. The largest absolute Gasteiger partial charge is 0.302 e. The Kier molecular flexibility index (Phi) is 6.51. The predicted molar refractivity (Wildman–Crippen MR) is 71.9 cm³/mol. The van der Waals surface area contributed by atoms with Gasteiger partial charge in [0.25, 0.3) is 0 Å². The van der Waals surface area contributed by atoms with Crippen LogP contribution in [0.2, 0.25) is 0 Å². The molecule has 0 bridgehead atoms. The molecular weight excluding hydrogens is 218 g/mol. The Morgan fingerprint density at radius 2 is 1.88 bits per heavy atom. The number of alkyl halides is 1. The second-order valence-corrected chi connectivity index (χ2v) is 4.97. The van der Waals surface area contributed by atoms with E-state index < -0.39 is 0 Å². The van der Waals surface area contributed by atoms with E-state index in [1.165, 1.54) is 12.0 Å². The van der Waals surface area contributed by atoms with Gasteiger partial charge in [0, 0.05) is 12.4 Å². The van der Waals surface area contributed by atoms with Crippen LogP contribution in [0.15, 0.2) is 30.3 Å². The Hall–Kier alpha value is -0.530. The van der Waals surface area contributed by atoms with Crippen LogP contribution in [0.4, 0.5) is 0 Å². The highest BCUT2D eigenvalue weighted by atomic mass is 35.5. The maximum absolute atomic E-state index is 5.73. The van der Waals surface area contributed by atoms with E-state index in [9.17, 15) is 0 Å². The van der Waals surface area contributed by atoms with E-state index in [-0.39, 0.29) is 0 Å². The Morgan fingerprint density at radius 1 is 1.19 bits per heavy atom. The average molecular weight is 240 g/mol. The van der Waals surface area contributed by atoms with Crippen molar-refractivity contribution >= 4 is 11.6 Å². The highest BCUT2D eigenvalue weighted by molar-refractivity contribution is 6.17. The third-order valence-corrected chi connectivity index (χ3v) is 3.12. The van der Waals surface area contributed by atoms with Crippen molar-refractivity contribution in [1.29, 1.82) is 0 Å². The van der Waals surface area contributed by atoms with Crippen LogP contribution in [-0.2, 0) is 6.54 Å². The third-order valence-electron chi connectivity index (χ3n) is 2.90. The molecule has 2 heteroatoms. The summed E-state index contributed by atoms with van der Waals surface area (Å²) in [6.45, 7) is 4.46. The van der Waals surface area contributed by atoms with Gasteiger partial charge < -0.3 is 4.90 Å². The average Bonchev–Trinajstić information content (AvgIpc) is 2.28. The lowest BCUT2D eigenvalue weighted by Crippen LogP contribution is -2.20. The van der Waals surface area contributed by atoms with Crippen LogP contribution in [0.5, 0.6) is 0 Å². The first-order chi connectivity index (χ1) is 7.72. The van der Waals surface area contributed by atoms with Gasteiger partial charge >= 0.3 is 0 Å². The number of hydrogen-bond acceptors (Lipinski definition) is 1. The van der Waals surface area contributed by atoms with Crippen LogP contribution in [0.3, 0.4) is 0 Å². The molecule has 1 aromatic rings. The van der Waals surface area contributed by atoms with Gasteiger partial charge in [-0.3, -0.25) is 0 Å². The van der Waals surface area contributed by atoms with Gasteiger partial charge in [0.2, 0.25) is 0 Å². The fourth-order valence-corrected chi connectivity index (χ4v) is 2.12. The maximum Gasteiger partial charge on any atom is 0.0230 e. The summed E-state index contributed by atoms with van der Waals surface area (Å²) in [6, 6.07) is 10.6. The smallest absolute Gasteiger partial charge is 0.0230 e. The van der Waals surface area contributed by atoms with Crippen LogP contribution < -0.4 is 0 Å². The van der Waals surface area contributed by atoms with Gasteiger partial charge in [0.05, 0.1) is 0 Å². The quantitative estimate of drug-likeness (QED) is 0.655. The van der Waals surface area contributed by atoms with Gasteiger partial charge in [-0.15, -0.1) is 11.6 Å². The van der Waals surface area contributed by atoms with Gasteiger partial charge in [0.15, 0.2) is 0 Å². The first kappa shape index (κ1) is 13.5. The van der Waals surface area contributed by atoms with Crippen molar-refractivity contribution in [3.05, 3.63) is 35.9 Å². The minimum Gasteiger partial charge on any atom is -0.302 e. The first-order valence-corrected chi connectivity index (χ1v) is 6.54. The number of hydrogen-bond donors (Lipinski definition) is 0. The summed E-state index contributed by atoms with van der Waals surface area (Å²) >= 11 is 5.73. The summed E-state index contributed by atoms with van der Waals surface area (Å²) < 4.78 is 0. The molecule has 0 spiro atoms. The topological polar surface area (TPSA) is 3.24 Å². The minimum atomic E-state index is 0.732. The molecule has 0 saturated carbocycles. The molecular formula is C14H22ClN. The second kappa shape index (κ2) is 7.70. The van der Waals surface area contributed by atoms with Crippen molar-refractivity contribution in [3.8, 4) is 0 Å². The molecule has 0 amide bonds. The minimum absolute atomic E-state index is 0.732. The summed E-state index contributed by atoms with van der Waals surface area (Å²) in [5.41, 5.74) is 1.38. The fraction of sp³-hybridized carbons (Fsp3) is 0.571. The van der Waals surface area contributed by atoms with Crippen molar-refractivity contribution < 1.29 is 0 Å². The van der Waals surface area contributed by atoms with Crippen molar-refractivity contribution in [2.45, 2.75) is 26.3 Å². The molecule has 0 saturated heterocycles. The molecule has 90 valence electrons. The van der Waals surface area contributed by atoms with E-state index in [1.54, 1.807) is 0 Å². The summed E-state index contributed by atoms with van der Waals surface area (Å²) in [4.78, 5) is 2.38. The van der Waals surface area contributed by atoms with Crippen molar-refractivity contribution in [2.75, 3.05) is 19.5 Å². The molecule has 0 aliphatic rings. The van der Waals surface area contributed by atoms with E-state index in [0.717, 1.165) is 31.3 Å². The normalized spacial score (nSPS) is 13.0. The van der Waals surface area contributed by atoms with Gasteiger partial charge in [-0.1, -0.05) is 37.3 Å². The van der Waals surface area contributed by atoms with Crippen LogP contribution in [0, 0.1) is 5.92 Å². The van der Waals surface area contributed by atoms with Crippen LogP contribution in [0.25, 0.3) is 0 Å². The van der Waals surface area contributed by atoms with Gasteiger partial charge in [0.1, 0.15) is 0 Å². The zero-order valence-electron chi connectivity index (χ0n) is 10.3. The van der Waals surface area contributed by atoms with Crippen molar-refractivity contribution in [1.82, 2.24) is 4.90 Å². The highest BCUT2D eigenvalue weighted by Gasteiger charge is 2.04. The standard InChI is InChI=1S/C14H22ClN/c1-13(8-10-15)9-11-16(2)12-14-6-4-3-5-7-14/h3-7,13H,8-12H2,1-2H3. The molecule has 16 heavy (non-hydrogen) atoms. The number of benzene rings is 1. The lowest BCUT2D eigenvalue weighted by molar-refractivity contribution is 0.296. The molecule has 0 aliphatic heterocycles. The Morgan fingerprint density at radius 3 is 2.50 bits per heavy atom. The van der Waals surface area contributed by atoms with Gasteiger partial charge in [-0.25, -0.2) is 0 Å². The summed E-state index contributed by atoms with van der Waals surface area (Å²) in [5, 5.41) is 0. The van der Waals surface area contributed by atoms with E-state index >= 15 is 0 Å². The molecule has 1 aromatic carbocycles. The lowest BCUT2D eigenvalue weighted by Gasteiger charge is -2.19. The molecule has 1 atom stereocenters. The Bertz CT molecular complexity index is 273. The molecule has 1 rings (SSSR count). The Labute approximate surface area is 104 Å². The number of rotatable bonds is 7. The highest BCUT2D eigenvalue weighted by Crippen LogP contribution is 2.10. The molecule has 0 aromatic heterocycles. The summed E-state index contributed by atoms with van der Waals surface area (Å²) in [5.74, 6) is 1.51. The molecule has 1 nitrogen and oxygen atoms in total. The van der Waals surface area contributed by atoms with Crippen molar-refractivity contribution in [3.63, 3.8) is 0 Å². The monoisotopic (exact) mass is 239 g/mol. The number of nitrogens with zero attached hydrogens (tertiary/aromatic N) is 1. The summed E-state index contributed by atoms with van der Waals surface area (Å²) in [6.07, 6.45) is 2.36. The van der Waals surface area contributed by atoms with E-state index in [1.807, 2.05) is 0 Å². The number of halogens is 1. The van der Waals surface area contributed by atoms with E-state index in [0.29, 0.717) is 0 Å². The van der Waals surface area contributed by atoms with Gasteiger partial charge in [-0.2, -0.15) is 0 Å². The van der Waals surface area contributed by atoms with E-state index in [4.69, 9.17) is 11.6 Å². The van der Waals surface area contributed by atoms with Crippen molar-refractivity contribution in [2.24, 2.45) is 5.92 Å². The van der Waals surface area contributed by atoms with Gasteiger partial charge in [-0.05, 0) is 37.9 Å². The molecule has 0 aliphatic carbocycles.